The third-order valence-corrected chi connectivity index (χ3v) is 2.87. The number of methoxy groups -OCH3 is 1. The molecule has 2 aliphatic heterocycles. The average molecular weight is 234 g/mol. The smallest absolute Gasteiger partial charge is 0.186 e. The predicted molar refractivity (Wildman–Crippen MR) is 52.6 cm³/mol. The van der Waals surface area contributed by atoms with Gasteiger partial charge in [-0.1, -0.05) is 0 Å². The van der Waals surface area contributed by atoms with Crippen molar-refractivity contribution >= 4 is 0 Å². The zero-order valence-corrected chi connectivity index (χ0v) is 9.62. The van der Waals surface area contributed by atoms with Gasteiger partial charge in [-0.15, -0.1) is 0 Å². The fourth-order valence-electron chi connectivity index (χ4n) is 2.17. The zero-order valence-electron chi connectivity index (χ0n) is 9.62. The zero-order chi connectivity index (χ0) is 11.9. The highest BCUT2D eigenvalue weighted by Crippen LogP contribution is 2.37. The fraction of sp³-hybridized carbons (Fsp3) is 1.00. The average Bonchev–Trinajstić information content (AvgIpc) is 2.55. The van der Waals surface area contributed by atoms with Gasteiger partial charge >= 0.3 is 0 Å². The van der Waals surface area contributed by atoms with Crippen molar-refractivity contribution in [2.75, 3.05) is 13.7 Å². The molecule has 2 aliphatic rings. The van der Waals surface area contributed by atoms with Gasteiger partial charge in [0.2, 0.25) is 0 Å². The molecule has 0 amide bonds. The van der Waals surface area contributed by atoms with Gasteiger partial charge in [-0.25, -0.2) is 0 Å². The van der Waals surface area contributed by atoms with Gasteiger partial charge in [0.1, 0.15) is 24.4 Å². The maximum Gasteiger partial charge on any atom is 0.186 e. The van der Waals surface area contributed by atoms with Crippen molar-refractivity contribution in [1.29, 1.82) is 0 Å². The van der Waals surface area contributed by atoms with E-state index >= 15 is 0 Å². The van der Waals surface area contributed by atoms with E-state index in [0.717, 1.165) is 0 Å². The minimum Gasteiger partial charge on any atom is -0.394 e. The van der Waals surface area contributed by atoms with Crippen LogP contribution in [-0.4, -0.2) is 60.4 Å². The molecule has 2 rings (SSSR count). The summed E-state index contributed by atoms with van der Waals surface area (Å²) in [6.07, 6.45) is -3.26. The third-order valence-electron chi connectivity index (χ3n) is 2.87. The molecule has 0 aliphatic carbocycles. The summed E-state index contributed by atoms with van der Waals surface area (Å²) >= 11 is 0. The molecular formula is C10H18O6. The van der Waals surface area contributed by atoms with E-state index in [-0.39, 0.29) is 6.61 Å². The highest BCUT2D eigenvalue weighted by atomic mass is 16.8. The van der Waals surface area contributed by atoms with Crippen LogP contribution in [0.25, 0.3) is 0 Å². The first-order chi connectivity index (χ1) is 7.48. The van der Waals surface area contributed by atoms with E-state index < -0.39 is 36.5 Å². The Morgan fingerprint density at radius 1 is 1.25 bits per heavy atom. The molecule has 0 aromatic carbocycles. The van der Waals surface area contributed by atoms with Crippen LogP contribution >= 0.6 is 0 Å². The Hall–Kier alpha value is -0.240. The van der Waals surface area contributed by atoms with Crippen LogP contribution in [0.3, 0.4) is 0 Å². The minimum absolute atomic E-state index is 0.284. The van der Waals surface area contributed by atoms with E-state index in [0.29, 0.717) is 0 Å². The second kappa shape index (κ2) is 4.21. The largest absolute Gasteiger partial charge is 0.394 e. The summed E-state index contributed by atoms with van der Waals surface area (Å²) in [5.41, 5.74) is 0. The summed E-state index contributed by atoms with van der Waals surface area (Å²) in [5.74, 6) is -0.777. The van der Waals surface area contributed by atoms with Crippen LogP contribution in [-0.2, 0) is 18.9 Å². The second-order valence-corrected chi connectivity index (χ2v) is 4.52. The molecule has 0 bridgehead atoms. The maximum absolute atomic E-state index is 9.94. The lowest BCUT2D eigenvalue weighted by Gasteiger charge is -2.38. The van der Waals surface area contributed by atoms with Crippen molar-refractivity contribution in [3.63, 3.8) is 0 Å². The topological polar surface area (TPSA) is 77.4 Å². The van der Waals surface area contributed by atoms with Gasteiger partial charge in [-0.05, 0) is 13.8 Å². The normalized spacial score (nSPS) is 46.7. The Kier molecular flexibility index (Phi) is 3.22. The SMILES string of the molecule is CO[C@@H]1O[C@H](CO)[C@H](O)[C@H]2OC(C)(C)O[C@H]12. The van der Waals surface area contributed by atoms with Gasteiger partial charge in [0, 0.05) is 7.11 Å². The lowest BCUT2D eigenvalue weighted by atomic mass is 9.99. The molecule has 2 N–H and O–H groups in total. The Labute approximate surface area is 94.1 Å². The summed E-state index contributed by atoms with van der Waals surface area (Å²) in [5, 5.41) is 19.0. The first-order valence-electron chi connectivity index (χ1n) is 5.31. The van der Waals surface area contributed by atoms with E-state index in [1.54, 1.807) is 13.8 Å². The fourth-order valence-corrected chi connectivity index (χ4v) is 2.17. The van der Waals surface area contributed by atoms with E-state index in [1.165, 1.54) is 7.11 Å². The lowest BCUT2D eigenvalue weighted by Crippen LogP contribution is -2.57. The number of hydrogen-bond donors (Lipinski definition) is 2. The van der Waals surface area contributed by atoms with E-state index in [9.17, 15) is 5.11 Å². The lowest BCUT2D eigenvalue weighted by molar-refractivity contribution is -0.272. The standard InChI is InChI=1S/C10H18O6/c1-10(2)15-7-6(12)5(4-11)14-9(13-3)8(7)16-10/h5-9,11-12H,4H2,1-3H3/t5-,6+,7-,8+,9-/m1/s1. The molecule has 0 unspecified atom stereocenters. The summed E-state index contributed by atoms with van der Waals surface area (Å²) in [6.45, 7) is 3.24. The quantitative estimate of drug-likeness (QED) is 0.653. The molecule has 0 aromatic heterocycles. The van der Waals surface area contributed by atoms with Crippen molar-refractivity contribution in [1.82, 2.24) is 0 Å². The van der Waals surface area contributed by atoms with Crippen molar-refractivity contribution < 1.29 is 29.2 Å². The number of aliphatic hydroxyl groups is 2. The molecule has 16 heavy (non-hydrogen) atoms. The van der Waals surface area contributed by atoms with Crippen LogP contribution in [0.2, 0.25) is 0 Å². The molecule has 94 valence electrons. The van der Waals surface area contributed by atoms with Gasteiger partial charge in [0.25, 0.3) is 0 Å². The molecule has 0 aromatic rings. The van der Waals surface area contributed by atoms with Gasteiger partial charge < -0.3 is 29.2 Å². The Morgan fingerprint density at radius 3 is 2.44 bits per heavy atom. The molecule has 2 heterocycles. The van der Waals surface area contributed by atoms with Crippen molar-refractivity contribution in [3.05, 3.63) is 0 Å². The first-order valence-corrected chi connectivity index (χ1v) is 5.31. The van der Waals surface area contributed by atoms with Crippen molar-refractivity contribution in [2.45, 2.75) is 50.3 Å². The van der Waals surface area contributed by atoms with Crippen molar-refractivity contribution in [3.8, 4) is 0 Å². The molecular weight excluding hydrogens is 216 g/mol. The monoisotopic (exact) mass is 234 g/mol. The Morgan fingerprint density at radius 2 is 1.88 bits per heavy atom. The summed E-state index contributed by atoms with van der Waals surface area (Å²) in [4.78, 5) is 0. The van der Waals surface area contributed by atoms with Crippen LogP contribution in [0.1, 0.15) is 13.8 Å². The van der Waals surface area contributed by atoms with Gasteiger partial charge in [0.15, 0.2) is 12.1 Å². The summed E-state index contributed by atoms with van der Waals surface area (Å²) < 4.78 is 21.7. The van der Waals surface area contributed by atoms with E-state index in [1.807, 2.05) is 0 Å². The number of aliphatic hydroxyl groups excluding tert-OH is 2. The molecule has 6 nitrogen and oxygen atoms in total. The van der Waals surface area contributed by atoms with Crippen LogP contribution in [0.5, 0.6) is 0 Å². The van der Waals surface area contributed by atoms with E-state index in [4.69, 9.17) is 24.1 Å². The Bertz CT molecular complexity index is 256. The maximum atomic E-state index is 9.94. The minimum atomic E-state index is -0.914. The number of fused-ring (bicyclic) bond motifs is 1. The number of hydrogen-bond acceptors (Lipinski definition) is 6. The van der Waals surface area contributed by atoms with E-state index in [2.05, 4.69) is 0 Å². The summed E-state index contributed by atoms with van der Waals surface area (Å²) in [6, 6.07) is 0. The third kappa shape index (κ3) is 1.97. The van der Waals surface area contributed by atoms with Gasteiger partial charge in [-0.2, -0.15) is 0 Å². The predicted octanol–water partition coefficient (Wildman–Crippen LogP) is -0.769. The molecule has 5 atom stereocenters. The molecule has 6 heteroatoms. The van der Waals surface area contributed by atoms with Gasteiger partial charge in [0.05, 0.1) is 6.61 Å². The molecule has 0 radical (unpaired) electrons. The number of rotatable bonds is 2. The Balaban J connectivity index is 2.18. The van der Waals surface area contributed by atoms with Gasteiger partial charge in [-0.3, -0.25) is 0 Å². The summed E-state index contributed by atoms with van der Waals surface area (Å²) in [7, 11) is 1.49. The highest BCUT2D eigenvalue weighted by Gasteiger charge is 2.54. The molecule has 0 saturated carbocycles. The molecule has 2 saturated heterocycles. The molecule has 0 spiro atoms. The molecule has 2 fully saturated rings. The number of ether oxygens (including phenoxy) is 4. The first kappa shape index (κ1) is 12.2. The van der Waals surface area contributed by atoms with Crippen LogP contribution in [0.15, 0.2) is 0 Å². The second-order valence-electron chi connectivity index (χ2n) is 4.52. The van der Waals surface area contributed by atoms with Crippen LogP contribution in [0.4, 0.5) is 0 Å². The van der Waals surface area contributed by atoms with Crippen molar-refractivity contribution in [2.24, 2.45) is 0 Å². The highest BCUT2D eigenvalue weighted by molar-refractivity contribution is 4.95. The van der Waals surface area contributed by atoms with Crippen LogP contribution < -0.4 is 0 Å². The van der Waals surface area contributed by atoms with Crippen LogP contribution in [0, 0.1) is 0 Å².